The molecule has 2 heterocycles. The van der Waals surface area contributed by atoms with E-state index in [0.29, 0.717) is 23.1 Å². The molecule has 0 saturated carbocycles. The fraction of sp³-hybridized carbons (Fsp3) is 0.286. The molecule has 4 rings (SSSR count). The summed E-state index contributed by atoms with van der Waals surface area (Å²) in [4.78, 5) is 38.6. The van der Waals surface area contributed by atoms with Gasteiger partial charge in [-0.3, -0.25) is 18.7 Å². The maximum absolute atomic E-state index is 13.1. The third kappa shape index (κ3) is 3.41. The standard InChI is InChI=1S/C21H19FN2O4/c22-15-9-7-14(8-10-15)19(25)13-23-18-6-2-1-5-17(18)20(26)24(21(23)27)12-16-4-3-11-28-16/h1-2,5-10,16H,3-4,11-13H2. The van der Waals surface area contributed by atoms with Crippen molar-refractivity contribution in [3.63, 3.8) is 0 Å². The lowest BCUT2D eigenvalue weighted by atomic mass is 10.1. The molecule has 1 unspecified atom stereocenters. The van der Waals surface area contributed by atoms with Crippen LogP contribution < -0.4 is 11.2 Å². The monoisotopic (exact) mass is 382 g/mol. The van der Waals surface area contributed by atoms with Gasteiger partial charge in [-0.05, 0) is 49.2 Å². The van der Waals surface area contributed by atoms with E-state index in [1.54, 1.807) is 24.3 Å². The summed E-state index contributed by atoms with van der Waals surface area (Å²) in [5.74, 6) is -0.779. The van der Waals surface area contributed by atoms with Crippen LogP contribution in [0, 0.1) is 5.82 Å². The largest absolute Gasteiger partial charge is 0.376 e. The highest BCUT2D eigenvalue weighted by Crippen LogP contribution is 2.14. The Morgan fingerprint density at radius 2 is 1.82 bits per heavy atom. The Kier molecular flexibility index (Phi) is 4.92. The molecule has 1 fully saturated rings. The Labute approximate surface area is 159 Å². The van der Waals surface area contributed by atoms with E-state index in [4.69, 9.17) is 4.74 Å². The molecule has 0 aliphatic carbocycles. The molecule has 1 aliphatic heterocycles. The van der Waals surface area contributed by atoms with Gasteiger partial charge in [0.05, 0.1) is 30.1 Å². The molecule has 28 heavy (non-hydrogen) atoms. The number of benzene rings is 2. The Balaban J connectivity index is 1.80. The first-order chi connectivity index (χ1) is 13.5. The summed E-state index contributed by atoms with van der Waals surface area (Å²) in [6.45, 7) is 0.536. The van der Waals surface area contributed by atoms with Gasteiger partial charge in [-0.1, -0.05) is 12.1 Å². The lowest BCUT2D eigenvalue weighted by molar-refractivity contribution is 0.0939. The molecule has 1 atom stereocenters. The number of carbonyl (C=O) groups is 1. The van der Waals surface area contributed by atoms with Gasteiger partial charge in [0, 0.05) is 12.2 Å². The number of nitrogens with zero attached hydrogens (tertiary/aromatic N) is 2. The smallest absolute Gasteiger partial charge is 0.331 e. The summed E-state index contributed by atoms with van der Waals surface area (Å²) in [7, 11) is 0. The summed E-state index contributed by atoms with van der Waals surface area (Å²) >= 11 is 0. The molecular formula is C21H19FN2O4. The van der Waals surface area contributed by atoms with Crippen LogP contribution in [0.4, 0.5) is 4.39 Å². The second-order valence-corrected chi connectivity index (χ2v) is 6.87. The SMILES string of the molecule is O=C(Cn1c(=O)n(CC2CCCO2)c(=O)c2ccccc21)c1ccc(F)cc1. The number of aromatic nitrogens is 2. The Morgan fingerprint density at radius 1 is 1.07 bits per heavy atom. The van der Waals surface area contributed by atoms with Crippen molar-refractivity contribution >= 4 is 16.7 Å². The zero-order valence-corrected chi connectivity index (χ0v) is 15.1. The molecule has 0 radical (unpaired) electrons. The molecule has 7 heteroatoms. The molecule has 1 aromatic heterocycles. The van der Waals surface area contributed by atoms with E-state index in [1.165, 1.54) is 28.8 Å². The highest BCUT2D eigenvalue weighted by molar-refractivity contribution is 5.96. The first-order valence-corrected chi connectivity index (χ1v) is 9.17. The molecular weight excluding hydrogens is 363 g/mol. The van der Waals surface area contributed by atoms with Crippen LogP contribution >= 0.6 is 0 Å². The maximum Gasteiger partial charge on any atom is 0.331 e. The van der Waals surface area contributed by atoms with Crippen LogP contribution in [-0.2, 0) is 17.8 Å². The van der Waals surface area contributed by atoms with Crippen LogP contribution in [0.2, 0.25) is 0 Å². The fourth-order valence-electron chi connectivity index (χ4n) is 3.55. The number of hydrogen-bond donors (Lipinski definition) is 0. The number of hydrogen-bond acceptors (Lipinski definition) is 4. The lowest BCUT2D eigenvalue weighted by Crippen LogP contribution is -2.43. The summed E-state index contributed by atoms with van der Waals surface area (Å²) in [5.41, 5.74) is -0.234. The van der Waals surface area contributed by atoms with Gasteiger partial charge in [-0.2, -0.15) is 0 Å². The number of ether oxygens (including phenoxy) is 1. The Morgan fingerprint density at radius 3 is 2.54 bits per heavy atom. The van der Waals surface area contributed by atoms with Crippen molar-refractivity contribution in [2.24, 2.45) is 0 Å². The highest BCUT2D eigenvalue weighted by atomic mass is 19.1. The minimum Gasteiger partial charge on any atom is -0.376 e. The fourth-order valence-corrected chi connectivity index (χ4v) is 3.55. The average molecular weight is 382 g/mol. The van der Waals surface area contributed by atoms with E-state index in [0.717, 1.165) is 17.4 Å². The van der Waals surface area contributed by atoms with Gasteiger partial charge in [0.25, 0.3) is 5.56 Å². The molecule has 144 valence electrons. The maximum atomic E-state index is 13.1. The molecule has 0 N–H and O–H groups in total. The highest BCUT2D eigenvalue weighted by Gasteiger charge is 2.21. The second-order valence-electron chi connectivity index (χ2n) is 6.87. The zero-order chi connectivity index (χ0) is 19.7. The van der Waals surface area contributed by atoms with E-state index in [-0.39, 0.29) is 30.5 Å². The number of rotatable bonds is 5. The average Bonchev–Trinajstić information content (AvgIpc) is 3.22. The van der Waals surface area contributed by atoms with Crippen molar-refractivity contribution < 1.29 is 13.9 Å². The predicted octanol–water partition coefficient (Wildman–Crippen LogP) is 2.36. The van der Waals surface area contributed by atoms with Crippen LogP contribution in [0.1, 0.15) is 23.2 Å². The second kappa shape index (κ2) is 7.52. The van der Waals surface area contributed by atoms with Gasteiger partial charge in [-0.15, -0.1) is 0 Å². The third-order valence-electron chi connectivity index (χ3n) is 5.01. The van der Waals surface area contributed by atoms with Crippen LogP contribution in [0.15, 0.2) is 58.1 Å². The predicted molar refractivity (Wildman–Crippen MR) is 102 cm³/mol. The first kappa shape index (κ1) is 18.3. The van der Waals surface area contributed by atoms with Gasteiger partial charge in [-0.25, -0.2) is 9.18 Å². The number of Topliss-reactive ketones (excluding diaryl/α,β-unsaturated/α-hetero) is 1. The van der Waals surface area contributed by atoms with Gasteiger partial charge >= 0.3 is 5.69 Å². The number of para-hydroxylation sites is 1. The number of ketones is 1. The molecule has 6 nitrogen and oxygen atoms in total. The Bertz CT molecular complexity index is 1140. The van der Waals surface area contributed by atoms with Gasteiger partial charge in [0.1, 0.15) is 5.82 Å². The van der Waals surface area contributed by atoms with Gasteiger partial charge in [0.15, 0.2) is 5.78 Å². The quantitative estimate of drug-likeness (QED) is 0.635. The lowest BCUT2D eigenvalue weighted by Gasteiger charge is -2.16. The van der Waals surface area contributed by atoms with Crippen molar-refractivity contribution in [2.75, 3.05) is 6.61 Å². The van der Waals surface area contributed by atoms with Crippen molar-refractivity contribution in [3.05, 3.63) is 80.7 Å². The van der Waals surface area contributed by atoms with Crippen molar-refractivity contribution in [1.82, 2.24) is 9.13 Å². The minimum absolute atomic E-state index is 0.160. The van der Waals surface area contributed by atoms with E-state index in [1.807, 2.05) is 0 Å². The zero-order valence-electron chi connectivity index (χ0n) is 15.1. The summed E-state index contributed by atoms with van der Waals surface area (Å²) in [6.07, 6.45) is 1.49. The normalized spacial score (nSPS) is 16.5. The van der Waals surface area contributed by atoms with Gasteiger partial charge in [0.2, 0.25) is 0 Å². The first-order valence-electron chi connectivity index (χ1n) is 9.17. The number of halogens is 1. The van der Waals surface area contributed by atoms with Crippen LogP contribution in [0.5, 0.6) is 0 Å². The third-order valence-corrected chi connectivity index (χ3v) is 5.01. The van der Waals surface area contributed by atoms with E-state index < -0.39 is 11.5 Å². The summed E-state index contributed by atoms with van der Waals surface area (Å²) in [5, 5.41) is 0.368. The van der Waals surface area contributed by atoms with Crippen molar-refractivity contribution in [1.29, 1.82) is 0 Å². The molecule has 3 aromatic rings. The number of carbonyl (C=O) groups excluding carboxylic acids is 1. The van der Waals surface area contributed by atoms with E-state index in [2.05, 4.69) is 0 Å². The summed E-state index contributed by atoms with van der Waals surface area (Å²) in [6, 6.07) is 11.9. The van der Waals surface area contributed by atoms with Crippen molar-refractivity contribution in [3.8, 4) is 0 Å². The minimum atomic E-state index is -0.547. The topological polar surface area (TPSA) is 70.3 Å². The molecule has 0 amide bonds. The number of fused-ring (bicyclic) bond motifs is 1. The molecule has 2 aromatic carbocycles. The molecule has 0 bridgehead atoms. The Hall–Kier alpha value is -3.06. The van der Waals surface area contributed by atoms with Crippen LogP contribution in [0.25, 0.3) is 10.9 Å². The van der Waals surface area contributed by atoms with Crippen LogP contribution in [-0.4, -0.2) is 27.6 Å². The van der Waals surface area contributed by atoms with E-state index >= 15 is 0 Å². The van der Waals surface area contributed by atoms with Crippen LogP contribution in [0.3, 0.4) is 0 Å². The van der Waals surface area contributed by atoms with Crippen molar-refractivity contribution in [2.45, 2.75) is 32.0 Å². The molecule has 0 spiro atoms. The summed E-state index contributed by atoms with van der Waals surface area (Å²) < 4.78 is 21.1. The molecule has 1 saturated heterocycles. The van der Waals surface area contributed by atoms with Gasteiger partial charge < -0.3 is 4.74 Å². The van der Waals surface area contributed by atoms with E-state index in [9.17, 15) is 18.8 Å². The molecule has 1 aliphatic rings.